The van der Waals surface area contributed by atoms with Crippen molar-refractivity contribution in [2.45, 2.75) is 29.6 Å². The molecule has 1 amide bonds. The van der Waals surface area contributed by atoms with Gasteiger partial charge in [0.2, 0.25) is 5.91 Å². The van der Waals surface area contributed by atoms with Crippen molar-refractivity contribution in [1.82, 2.24) is 10.6 Å². The highest BCUT2D eigenvalue weighted by atomic mass is 79.9. The number of benzene rings is 1. The Labute approximate surface area is 150 Å². The number of aliphatic hydroxyl groups is 1. The molecule has 1 aliphatic heterocycles. The zero-order chi connectivity index (χ0) is 15.5. The van der Waals surface area contributed by atoms with Crippen LogP contribution in [0.5, 0.6) is 0 Å². The third-order valence-corrected chi connectivity index (χ3v) is 5.29. The molecule has 0 saturated carbocycles. The molecule has 4 nitrogen and oxygen atoms in total. The maximum Gasteiger partial charge on any atom is 0.236 e. The molecular formula is C15H22BrClN2O2S. The van der Waals surface area contributed by atoms with Crippen LogP contribution in [-0.4, -0.2) is 41.5 Å². The monoisotopic (exact) mass is 408 g/mol. The molecule has 1 heterocycles. The predicted octanol–water partition coefficient (Wildman–Crippen LogP) is 2.44. The fourth-order valence-electron chi connectivity index (χ4n) is 2.21. The summed E-state index contributed by atoms with van der Waals surface area (Å²) < 4.78 is 0.474. The van der Waals surface area contributed by atoms with Gasteiger partial charge in [-0.1, -0.05) is 15.9 Å². The number of thioether (sulfide) groups is 1. The van der Waals surface area contributed by atoms with E-state index in [1.807, 2.05) is 38.1 Å². The van der Waals surface area contributed by atoms with Gasteiger partial charge in [0.1, 0.15) is 0 Å². The normalized spacial score (nSPS) is 21.3. The van der Waals surface area contributed by atoms with E-state index in [9.17, 15) is 9.90 Å². The Morgan fingerprint density at radius 1 is 1.41 bits per heavy atom. The number of aliphatic hydroxyl groups excluding tert-OH is 1. The number of amides is 1. The zero-order valence-electron chi connectivity index (χ0n) is 12.6. The summed E-state index contributed by atoms with van der Waals surface area (Å²) >= 11 is 4.94. The van der Waals surface area contributed by atoms with Gasteiger partial charge in [-0.2, -0.15) is 0 Å². The van der Waals surface area contributed by atoms with E-state index in [0.29, 0.717) is 13.1 Å². The molecule has 0 aromatic heterocycles. The van der Waals surface area contributed by atoms with Gasteiger partial charge in [0, 0.05) is 34.9 Å². The first-order chi connectivity index (χ1) is 9.88. The summed E-state index contributed by atoms with van der Waals surface area (Å²) in [6.07, 6.45) is -0.368. The Morgan fingerprint density at radius 3 is 2.59 bits per heavy atom. The van der Waals surface area contributed by atoms with Gasteiger partial charge >= 0.3 is 0 Å². The number of halogens is 2. The van der Waals surface area contributed by atoms with Crippen LogP contribution in [0, 0.1) is 5.92 Å². The maximum absolute atomic E-state index is 12.4. The second-order valence-electron chi connectivity index (χ2n) is 5.76. The van der Waals surface area contributed by atoms with Crippen molar-refractivity contribution in [2.24, 2.45) is 5.92 Å². The molecule has 124 valence electrons. The van der Waals surface area contributed by atoms with Crippen LogP contribution in [0.25, 0.3) is 0 Å². The van der Waals surface area contributed by atoms with Crippen molar-refractivity contribution >= 4 is 46.0 Å². The van der Waals surface area contributed by atoms with Crippen LogP contribution >= 0.6 is 40.1 Å². The van der Waals surface area contributed by atoms with E-state index in [4.69, 9.17) is 0 Å². The number of hydrogen-bond donors (Lipinski definition) is 3. The smallest absolute Gasteiger partial charge is 0.236 e. The van der Waals surface area contributed by atoms with Crippen molar-refractivity contribution in [3.05, 3.63) is 28.7 Å². The minimum absolute atomic E-state index is 0. The molecule has 2 unspecified atom stereocenters. The van der Waals surface area contributed by atoms with Crippen molar-refractivity contribution in [3.8, 4) is 0 Å². The second kappa shape index (κ2) is 8.55. The van der Waals surface area contributed by atoms with Gasteiger partial charge < -0.3 is 15.7 Å². The van der Waals surface area contributed by atoms with Crippen LogP contribution in [-0.2, 0) is 4.79 Å². The van der Waals surface area contributed by atoms with Gasteiger partial charge in [0.05, 0.1) is 10.9 Å². The van der Waals surface area contributed by atoms with E-state index in [1.165, 1.54) is 11.8 Å². The Bertz CT molecular complexity index is 499. The molecule has 7 heteroatoms. The molecule has 22 heavy (non-hydrogen) atoms. The molecule has 2 atom stereocenters. The summed E-state index contributed by atoms with van der Waals surface area (Å²) in [5.41, 5.74) is 0. The van der Waals surface area contributed by atoms with E-state index in [1.54, 1.807) is 0 Å². The lowest BCUT2D eigenvalue weighted by atomic mass is 10.1. The van der Waals surface area contributed by atoms with Crippen molar-refractivity contribution in [3.63, 3.8) is 0 Å². The highest BCUT2D eigenvalue weighted by molar-refractivity contribution is 9.10. The Hall–Kier alpha value is -0.270. The highest BCUT2D eigenvalue weighted by Crippen LogP contribution is 2.33. The molecule has 1 saturated heterocycles. The molecule has 0 aliphatic carbocycles. The van der Waals surface area contributed by atoms with Crippen LogP contribution < -0.4 is 10.6 Å². The topological polar surface area (TPSA) is 61.4 Å². The van der Waals surface area contributed by atoms with Gasteiger partial charge in [0.25, 0.3) is 0 Å². The SMILES string of the molecule is CC(C)(Sc1ccc(Br)cc1)C(=O)NCC1CNCC1O.Cl. The third-order valence-electron chi connectivity index (χ3n) is 3.56. The lowest BCUT2D eigenvalue weighted by Gasteiger charge is -2.24. The van der Waals surface area contributed by atoms with Gasteiger partial charge in [-0.25, -0.2) is 0 Å². The average Bonchev–Trinajstić information content (AvgIpc) is 2.84. The first-order valence-corrected chi connectivity index (χ1v) is 8.61. The molecule has 0 spiro atoms. The fourth-order valence-corrected chi connectivity index (χ4v) is 3.50. The number of rotatable bonds is 5. The minimum atomic E-state index is -0.551. The first kappa shape index (κ1) is 19.8. The van der Waals surface area contributed by atoms with Crippen LogP contribution in [0.4, 0.5) is 0 Å². The number of nitrogens with one attached hydrogen (secondary N) is 2. The molecule has 1 aliphatic rings. The molecule has 0 bridgehead atoms. The van der Waals surface area contributed by atoms with Crippen molar-refractivity contribution in [1.29, 1.82) is 0 Å². The van der Waals surface area contributed by atoms with Gasteiger partial charge in [-0.3, -0.25) is 4.79 Å². The lowest BCUT2D eigenvalue weighted by Crippen LogP contribution is -2.43. The summed E-state index contributed by atoms with van der Waals surface area (Å²) in [6.45, 7) is 5.70. The molecule has 1 aromatic carbocycles. The van der Waals surface area contributed by atoms with Crippen molar-refractivity contribution in [2.75, 3.05) is 19.6 Å². The Kier molecular flexibility index (Phi) is 7.68. The van der Waals surface area contributed by atoms with Crippen LogP contribution in [0.2, 0.25) is 0 Å². The van der Waals surface area contributed by atoms with E-state index in [2.05, 4.69) is 26.6 Å². The number of carbonyl (C=O) groups is 1. The number of β-amino-alcohol motifs (C(OH)–C–C–N with tert-alkyl or cyclic N) is 1. The standard InChI is InChI=1S/C15H21BrN2O2S.ClH/c1-15(2,21-12-5-3-11(16)4-6-12)14(20)18-8-10-7-17-9-13(10)19;/h3-6,10,13,17,19H,7-9H2,1-2H3,(H,18,20);1H. The summed E-state index contributed by atoms with van der Waals surface area (Å²) in [6, 6.07) is 7.93. The average molecular weight is 410 g/mol. The van der Waals surface area contributed by atoms with Crippen LogP contribution in [0.1, 0.15) is 13.8 Å². The Morgan fingerprint density at radius 2 is 2.05 bits per heavy atom. The third kappa shape index (κ3) is 5.42. The van der Waals surface area contributed by atoms with E-state index in [-0.39, 0.29) is 30.3 Å². The van der Waals surface area contributed by atoms with Crippen LogP contribution in [0.15, 0.2) is 33.6 Å². The summed E-state index contributed by atoms with van der Waals surface area (Å²) in [7, 11) is 0. The molecule has 1 aromatic rings. The molecule has 1 fully saturated rings. The van der Waals surface area contributed by atoms with E-state index < -0.39 is 4.75 Å². The van der Waals surface area contributed by atoms with Crippen LogP contribution in [0.3, 0.4) is 0 Å². The molecule has 3 N–H and O–H groups in total. The van der Waals surface area contributed by atoms with Gasteiger partial charge in [-0.15, -0.1) is 24.2 Å². The quantitative estimate of drug-likeness (QED) is 0.654. The molecular weight excluding hydrogens is 388 g/mol. The number of carbonyl (C=O) groups excluding carboxylic acids is 1. The summed E-state index contributed by atoms with van der Waals surface area (Å²) in [5.74, 6) is 0.0944. The van der Waals surface area contributed by atoms with E-state index >= 15 is 0 Å². The summed E-state index contributed by atoms with van der Waals surface area (Å²) in [4.78, 5) is 13.4. The second-order valence-corrected chi connectivity index (χ2v) is 8.37. The number of hydrogen-bond acceptors (Lipinski definition) is 4. The predicted molar refractivity (Wildman–Crippen MR) is 96.7 cm³/mol. The fraction of sp³-hybridized carbons (Fsp3) is 0.533. The maximum atomic E-state index is 12.4. The lowest BCUT2D eigenvalue weighted by molar-refractivity contribution is -0.122. The largest absolute Gasteiger partial charge is 0.391 e. The first-order valence-electron chi connectivity index (χ1n) is 7.00. The minimum Gasteiger partial charge on any atom is -0.391 e. The molecule has 0 radical (unpaired) electrons. The zero-order valence-corrected chi connectivity index (χ0v) is 15.9. The highest BCUT2D eigenvalue weighted by Gasteiger charge is 2.31. The van der Waals surface area contributed by atoms with Gasteiger partial charge in [-0.05, 0) is 38.1 Å². The van der Waals surface area contributed by atoms with Gasteiger partial charge in [0.15, 0.2) is 0 Å². The molecule has 2 rings (SSSR count). The van der Waals surface area contributed by atoms with Crippen molar-refractivity contribution < 1.29 is 9.90 Å². The van der Waals surface area contributed by atoms with E-state index in [0.717, 1.165) is 15.9 Å². The Balaban J connectivity index is 0.00000242. The summed E-state index contributed by atoms with van der Waals surface area (Å²) in [5, 5.41) is 15.8.